The van der Waals surface area contributed by atoms with Crippen molar-refractivity contribution in [1.82, 2.24) is 14.9 Å². The lowest BCUT2D eigenvalue weighted by molar-refractivity contribution is -0.124. The fourth-order valence-electron chi connectivity index (χ4n) is 3.41. The number of hydrogen-bond acceptors (Lipinski definition) is 4. The van der Waals surface area contributed by atoms with Crippen molar-refractivity contribution in [1.29, 1.82) is 0 Å². The summed E-state index contributed by atoms with van der Waals surface area (Å²) in [4.78, 5) is 24.0. The molecule has 0 aliphatic carbocycles. The second-order valence-electron chi connectivity index (χ2n) is 7.26. The zero-order chi connectivity index (χ0) is 17.6. The van der Waals surface area contributed by atoms with Crippen LogP contribution in [0.2, 0.25) is 0 Å². The summed E-state index contributed by atoms with van der Waals surface area (Å²) < 4.78 is 0. The minimum absolute atomic E-state index is 0.139. The molecule has 2 heterocycles. The molecule has 1 fully saturated rings. The summed E-state index contributed by atoms with van der Waals surface area (Å²) in [5.41, 5.74) is 2.16. The molecular weight excluding hydrogens is 310 g/mol. The summed E-state index contributed by atoms with van der Waals surface area (Å²) in [6.07, 6.45) is 4.47. The van der Waals surface area contributed by atoms with E-state index < -0.39 is 0 Å². The van der Waals surface area contributed by atoms with Gasteiger partial charge in [0.1, 0.15) is 11.6 Å². The molecule has 1 saturated heterocycles. The lowest BCUT2D eigenvalue weighted by atomic mass is 9.90. The third kappa shape index (κ3) is 4.95. The quantitative estimate of drug-likeness (QED) is 0.807. The average molecular weight is 337 g/mol. The van der Waals surface area contributed by atoms with Crippen molar-refractivity contribution in [3.05, 3.63) is 59.7 Å². The Morgan fingerprint density at radius 2 is 2.04 bits per heavy atom. The van der Waals surface area contributed by atoms with Crippen LogP contribution in [0.5, 0.6) is 0 Å². The third-order valence-corrected chi connectivity index (χ3v) is 4.82. The molecule has 4 heteroatoms. The van der Waals surface area contributed by atoms with E-state index in [1.807, 2.05) is 42.6 Å². The maximum Gasteiger partial charge on any atom is 0.141 e. The van der Waals surface area contributed by atoms with Crippen LogP contribution in [0.15, 0.2) is 42.6 Å². The molecule has 0 spiro atoms. The van der Waals surface area contributed by atoms with Gasteiger partial charge in [-0.05, 0) is 31.0 Å². The number of benzene rings is 1. The Kier molecular flexibility index (Phi) is 5.92. The number of piperidine rings is 1. The Morgan fingerprint density at radius 1 is 1.24 bits per heavy atom. The molecule has 132 valence electrons. The lowest BCUT2D eigenvalue weighted by Gasteiger charge is -2.31. The van der Waals surface area contributed by atoms with Crippen LogP contribution in [0, 0.1) is 5.92 Å². The van der Waals surface area contributed by atoms with Crippen LogP contribution >= 0.6 is 0 Å². The van der Waals surface area contributed by atoms with Gasteiger partial charge < -0.3 is 0 Å². The Balaban J connectivity index is 1.59. The Morgan fingerprint density at radius 3 is 2.80 bits per heavy atom. The van der Waals surface area contributed by atoms with Crippen molar-refractivity contribution in [3.8, 4) is 0 Å². The number of ketones is 1. The van der Waals surface area contributed by atoms with Gasteiger partial charge in [0.05, 0.1) is 5.69 Å². The van der Waals surface area contributed by atoms with Crippen molar-refractivity contribution in [3.63, 3.8) is 0 Å². The number of rotatable bonds is 6. The van der Waals surface area contributed by atoms with Crippen LogP contribution in [0.1, 0.15) is 49.7 Å². The van der Waals surface area contributed by atoms with Crippen molar-refractivity contribution in [2.45, 2.75) is 45.6 Å². The van der Waals surface area contributed by atoms with E-state index in [1.54, 1.807) is 0 Å². The van der Waals surface area contributed by atoms with Gasteiger partial charge in [0, 0.05) is 37.5 Å². The monoisotopic (exact) mass is 337 g/mol. The van der Waals surface area contributed by atoms with Gasteiger partial charge in [0.15, 0.2) is 0 Å². The van der Waals surface area contributed by atoms with E-state index in [0.29, 0.717) is 18.1 Å². The van der Waals surface area contributed by atoms with Crippen LogP contribution in [0.4, 0.5) is 0 Å². The number of Topliss-reactive ketones (excluding diaryl/α,β-unsaturated/α-hetero) is 1. The lowest BCUT2D eigenvalue weighted by Crippen LogP contribution is -2.39. The highest BCUT2D eigenvalue weighted by Crippen LogP contribution is 2.21. The number of hydrogen-bond donors (Lipinski definition) is 0. The van der Waals surface area contributed by atoms with Crippen molar-refractivity contribution >= 4 is 5.78 Å². The first-order valence-corrected chi connectivity index (χ1v) is 9.22. The van der Waals surface area contributed by atoms with E-state index in [1.165, 1.54) is 0 Å². The minimum atomic E-state index is 0.139. The van der Waals surface area contributed by atoms with Gasteiger partial charge in [-0.15, -0.1) is 0 Å². The van der Waals surface area contributed by atoms with Gasteiger partial charge in [0.2, 0.25) is 0 Å². The predicted octanol–water partition coefficient (Wildman–Crippen LogP) is 3.62. The van der Waals surface area contributed by atoms with Crippen LogP contribution in [0.3, 0.4) is 0 Å². The van der Waals surface area contributed by atoms with Crippen LogP contribution in [-0.2, 0) is 17.8 Å². The number of nitrogens with zero attached hydrogens (tertiary/aromatic N) is 3. The molecule has 0 radical (unpaired) electrons. The molecule has 25 heavy (non-hydrogen) atoms. The summed E-state index contributed by atoms with van der Waals surface area (Å²) in [6, 6.07) is 12.0. The molecule has 2 aromatic rings. The summed E-state index contributed by atoms with van der Waals surface area (Å²) >= 11 is 0. The van der Waals surface area contributed by atoms with Gasteiger partial charge in [-0.1, -0.05) is 44.2 Å². The van der Waals surface area contributed by atoms with Gasteiger partial charge in [-0.2, -0.15) is 0 Å². The summed E-state index contributed by atoms with van der Waals surface area (Å²) in [5, 5.41) is 0. The normalized spacial score (nSPS) is 18.4. The molecule has 4 nitrogen and oxygen atoms in total. The second kappa shape index (κ2) is 8.34. The van der Waals surface area contributed by atoms with Gasteiger partial charge in [-0.3, -0.25) is 9.69 Å². The Bertz CT molecular complexity index is 699. The smallest absolute Gasteiger partial charge is 0.141 e. The van der Waals surface area contributed by atoms with E-state index in [0.717, 1.165) is 49.6 Å². The summed E-state index contributed by atoms with van der Waals surface area (Å²) in [5.74, 6) is 1.73. The largest absolute Gasteiger partial charge is 0.299 e. The molecule has 3 rings (SSSR count). The molecule has 0 N–H and O–H groups in total. The Labute approximate surface area is 150 Å². The predicted molar refractivity (Wildman–Crippen MR) is 99.3 cm³/mol. The number of aromatic nitrogens is 2. The van der Waals surface area contributed by atoms with Crippen molar-refractivity contribution < 1.29 is 4.79 Å². The zero-order valence-corrected chi connectivity index (χ0v) is 15.2. The van der Waals surface area contributed by atoms with E-state index in [4.69, 9.17) is 0 Å². The van der Waals surface area contributed by atoms with Crippen LogP contribution < -0.4 is 0 Å². The van der Waals surface area contributed by atoms with Gasteiger partial charge in [-0.25, -0.2) is 9.97 Å². The number of likely N-dealkylation sites (tertiary alicyclic amines) is 1. The molecule has 1 aliphatic rings. The molecule has 1 aliphatic heterocycles. The highest BCUT2D eigenvalue weighted by atomic mass is 16.1. The maximum absolute atomic E-state index is 12.7. The van der Waals surface area contributed by atoms with Crippen molar-refractivity contribution in [2.75, 3.05) is 13.1 Å². The molecule has 0 bridgehead atoms. The molecule has 0 saturated carbocycles. The topological polar surface area (TPSA) is 46.1 Å². The molecule has 1 atom stereocenters. The minimum Gasteiger partial charge on any atom is -0.299 e. The average Bonchev–Trinajstić information content (AvgIpc) is 2.63. The second-order valence-corrected chi connectivity index (χ2v) is 7.26. The summed E-state index contributed by atoms with van der Waals surface area (Å²) in [6.45, 7) is 6.90. The van der Waals surface area contributed by atoms with E-state index in [-0.39, 0.29) is 5.92 Å². The molecular formula is C21H27N3O. The van der Waals surface area contributed by atoms with Gasteiger partial charge in [0.25, 0.3) is 0 Å². The van der Waals surface area contributed by atoms with E-state index >= 15 is 0 Å². The van der Waals surface area contributed by atoms with Crippen LogP contribution in [0.25, 0.3) is 0 Å². The fraction of sp³-hybridized carbons (Fsp3) is 0.476. The van der Waals surface area contributed by atoms with Crippen molar-refractivity contribution in [2.24, 2.45) is 5.92 Å². The SMILES string of the molecule is CC(C)c1nccc(CN2CCCC(C(=O)Cc3ccccc3)C2)n1. The zero-order valence-electron chi connectivity index (χ0n) is 15.2. The standard InChI is InChI=1S/C21H27N3O/c1-16(2)21-22-11-10-19(23-21)15-24-12-6-9-18(14-24)20(25)13-17-7-4-3-5-8-17/h3-5,7-8,10-11,16,18H,6,9,12-15H2,1-2H3. The van der Waals surface area contributed by atoms with Gasteiger partial charge >= 0.3 is 0 Å². The molecule has 0 amide bonds. The Hall–Kier alpha value is -2.07. The first-order chi connectivity index (χ1) is 12.1. The fourth-order valence-corrected chi connectivity index (χ4v) is 3.41. The third-order valence-electron chi connectivity index (χ3n) is 4.82. The first kappa shape index (κ1) is 17.7. The number of carbonyl (C=O) groups is 1. The van der Waals surface area contributed by atoms with E-state index in [2.05, 4.69) is 28.7 Å². The molecule has 1 aromatic carbocycles. The molecule has 1 aromatic heterocycles. The van der Waals surface area contributed by atoms with E-state index in [9.17, 15) is 4.79 Å². The molecule has 1 unspecified atom stereocenters. The maximum atomic E-state index is 12.7. The summed E-state index contributed by atoms with van der Waals surface area (Å²) in [7, 11) is 0. The highest BCUT2D eigenvalue weighted by Gasteiger charge is 2.26. The van der Waals surface area contributed by atoms with Crippen LogP contribution in [-0.4, -0.2) is 33.7 Å². The number of carbonyl (C=O) groups excluding carboxylic acids is 1. The first-order valence-electron chi connectivity index (χ1n) is 9.22. The highest BCUT2D eigenvalue weighted by molar-refractivity contribution is 5.83.